The summed E-state index contributed by atoms with van der Waals surface area (Å²) in [5, 5.41) is 1.10. The Morgan fingerprint density at radius 3 is 2.64 bits per heavy atom. The Bertz CT molecular complexity index is 1440. The Hall–Kier alpha value is -3.27. The van der Waals surface area contributed by atoms with E-state index in [1.165, 1.54) is 0 Å². The van der Waals surface area contributed by atoms with Gasteiger partial charge in [-0.25, -0.2) is 4.98 Å². The SMILES string of the molecule is CC1(C)CC(=O)c2sc(N3CCOCC3)c(-c3cc(N)nc(-c4cccc(C(=O)N5CC[C@H](N)C5)c4)c3)c2C1. The number of benzene rings is 1. The molecule has 3 aromatic rings. The van der Waals surface area contributed by atoms with Gasteiger partial charge in [-0.05, 0) is 53.6 Å². The van der Waals surface area contributed by atoms with Crippen molar-refractivity contribution in [1.29, 1.82) is 0 Å². The minimum Gasteiger partial charge on any atom is -0.384 e. The fraction of sp³-hybridized carbons (Fsp3) is 0.433. The van der Waals surface area contributed by atoms with E-state index < -0.39 is 0 Å². The standard InChI is InChI=1S/C30H35N5O3S/c1-30(2)15-22-26(29(34-8-10-38-11-9-34)39-27(22)24(36)16-30)20-13-23(33-25(32)14-20)18-4-3-5-19(12-18)28(37)35-7-6-21(31)17-35/h3-5,12-14,21H,6-11,15-17,31H2,1-2H3,(H2,32,33)/t21-/m0/s1. The van der Waals surface area contributed by atoms with Gasteiger partial charge in [-0.1, -0.05) is 26.0 Å². The molecule has 3 aliphatic rings. The largest absolute Gasteiger partial charge is 0.384 e. The molecular weight excluding hydrogens is 510 g/mol. The summed E-state index contributed by atoms with van der Waals surface area (Å²) < 4.78 is 5.62. The Labute approximate surface area is 232 Å². The molecule has 2 saturated heterocycles. The zero-order valence-corrected chi connectivity index (χ0v) is 23.4. The number of hydrogen-bond donors (Lipinski definition) is 2. The predicted molar refractivity (Wildman–Crippen MR) is 155 cm³/mol. The van der Waals surface area contributed by atoms with E-state index in [4.69, 9.17) is 16.2 Å². The molecule has 1 atom stereocenters. The van der Waals surface area contributed by atoms with Gasteiger partial charge >= 0.3 is 0 Å². The number of morpholine rings is 1. The maximum absolute atomic E-state index is 13.3. The minimum atomic E-state index is -0.115. The summed E-state index contributed by atoms with van der Waals surface area (Å²) in [6, 6.07) is 11.5. The number of Topliss-reactive ketones (excluding diaryl/α,β-unsaturated/α-hetero) is 1. The predicted octanol–water partition coefficient (Wildman–Crippen LogP) is 4.22. The molecule has 4 heterocycles. The number of ketones is 1. The van der Waals surface area contributed by atoms with Crippen LogP contribution in [0.4, 0.5) is 10.8 Å². The first-order chi connectivity index (χ1) is 18.7. The average Bonchev–Trinajstić information content (AvgIpc) is 3.52. The Morgan fingerprint density at radius 2 is 1.90 bits per heavy atom. The molecule has 1 amide bonds. The quantitative estimate of drug-likeness (QED) is 0.504. The van der Waals surface area contributed by atoms with E-state index in [1.807, 2.05) is 41.3 Å². The molecule has 6 rings (SSSR count). The highest BCUT2D eigenvalue weighted by atomic mass is 32.1. The summed E-state index contributed by atoms with van der Waals surface area (Å²) in [7, 11) is 0. The summed E-state index contributed by atoms with van der Waals surface area (Å²) >= 11 is 1.60. The van der Waals surface area contributed by atoms with Crippen LogP contribution in [0.2, 0.25) is 0 Å². The lowest BCUT2D eigenvalue weighted by atomic mass is 9.75. The van der Waals surface area contributed by atoms with Crippen molar-refractivity contribution >= 4 is 33.8 Å². The van der Waals surface area contributed by atoms with Gasteiger partial charge in [0, 0.05) is 55.3 Å². The maximum Gasteiger partial charge on any atom is 0.253 e. The van der Waals surface area contributed by atoms with Gasteiger partial charge in [0.25, 0.3) is 5.91 Å². The number of thiophene rings is 1. The molecule has 0 spiro atoms. The van der Waals surface area contributed by atoms with Crippen LogP contribution in [0, 0.1) is 5.41 Å². The average molecular weight is 546 g/mol. The fourth-order valence-electron chi connectivity index (χ4n) is 6.00. The number of fused-ring (bicyclic) bond motifs is 1. The Kier molecular flexibility index (Phi) is 6.69. The van der Waals surface area contributed by atoms with E-state index >= 15 is 0 Å². The number of ether oxygens (including phenoxy) is 1. The molecule has 0 bridgehead atoms. The minimum absolute atomic E-state index is 0.0174. The molecule has 2 aliphatic heterocycles. The van der Waals surface area contributed by atoms with Gasteiger partial charge < -0.3 is 26.0 Å². The molecule has 204 valence electrons. The van der Waals surface area contributed by atoms with Crippen LogP contribution in [0.15, 0.2) is 36.4 Å². The number of hydrogen-bond acceptors (Lipinski definition) is 8. The zero-order valence-electron chi connectivity index (χ0n) is 22.5. The third-order valence-corrected chi connectivity index (χ3v) is 9.22. The van der Waals surface area contributed by atoms with Crippen LogP contribution in [0.1, 0.15) is 52.3 Å². The number of aromatic nitrogens is 1. The molecule has 1 aliphatic carbocycles. The smallest absolute Gasteiger partial charge is 0.253 e. The number of rotatable bonds is 4. The highest BCUT2D eigenvalue weighted by Gasteiger charge is 2.37. The van der Waals surface area contributed by atoms with Gasteiger partial charge in [0.2, 0.25) is 0 Å². The summed E-state index contributed by atoms with van der Waals surface area (Å²) in [6.07, 6.45) is 2.19. The van der Waals surface area contributed by atoms with Crippen molar-refractivity contribution in [2.75, 3.05) is 50.0 Å². The lowest BCUT2D eigenvalue weighted by Crippen LogP contribution is -2.36. The second-order valence-corrected chi connectivity index (χ2v) is 12.7. The lowest BCUT2D eigenvalue weighted by Gasteiger charge is -2.30. The second-order valence-electron chi connectivity index (χ2n) is 11.7. The molecule has 0 unspecified atom stereocenters. The number of nitrogens with zero attached hydrogens (tertiary/aromatic N) is 3. The van der Waals surface area contributed by atoms with Crippen LogP contribution in [0.5, 0.6) is 0 Å². The number of anilines is 2. The van der Waals surface area contributed by atoms with E-state index in [0.717, 1.165) is 58.1 Å². The van der Waals surface area contributed by atoms with Crippen molar-refractivity contribution in [3.8, 4) is 22.4 Å². The van der Waals surface area contributed by atoms with Crippen molar-refractivity contribution < 1.29 is 14.3 Å². The monoisotopic (exact) mass is 545 g/mol. The number of nitrogens with two attached hydrogens (primary N) is 2. The van der Waals surface area contributed by atoms with Crippen molar-refractivity contribution in [3.63, 3.8) is 0 Å². The summed E-state index contributed by atoms with van der Waals surface area (Å²) in [6.45, 7) is 8.45. The summed E-state index contributed by atoms with van der Waals surface area (Å²) in [5.41, 5.74) is 17.6. The second kappa shape index (κ2) is 10.0. The van der Waals surface area contributed by atoms with Crippen molar-refractivity contribution in [1.82, 2.24) is 9.88 Å². The first-order valence-corrected chi connectivity index (χ1v) is 14.4. The van der Waals surface area contributed by atoms with Gasteiger partial charge in [0.1, 0.15) is 5.82 Å². The summed E-state index contributed by atoms with van der Waals surface area (Å²) in [4.78, 5) is 36.1. The third-order valence-electron chi connectivity index (χ3n) is 7.89. The molecule has 0 radical (unpaired) electrons. The zero-order chi connectivity index (χ0) is 27.3. The lowest BCUT2D eigenvalue weighted by molar-refractivity contribution is 0.0790. The number of amides is 1. The van der Waals surface area contributed by atoms with Gasteiger partial charge in [0.15, 0.2) is 5.78 Å². The number of carbonyl (C=O) groups is 2. The van der Waals surface area contributed by atoms with Gasteiger partial charge in [0.05, 0.1) is 28.8 Å². The van der Waals surface area contributed by atoms with Gasteiger partial charge in [-0.2, -0.15) is 0 Å². The van der Waals surface area contributed by atoms with E-state index in [9.17, 15) is 9.59 Å². The molecule has 2 aromatic heterocycles. The van der Waals surface area contributed by atoms with Crippen molar-refractivity contribution in [2.45, 2.75) is 39.2 Å². The molecule has 4 N–H and O–H groups in total. The van der Waals surface area contributed by atoms with E-state index in [0.29, 0.717) is 49.8 Å². The molecular formula is C30H35N5O3S. The van der Waals surface area contributed by atoms with Crippen LogP contribution < -0.4 is 16.4 Å². The third kappa shape index (κ3) is 5.06. The summed E-state index contributed by atoms with van der Waals surface area (Å²) in [5.74, 6) is 0.595. The number of nitrogen functional groups attached to an aromatic ring is 1. The van der Waals surface area contributed by atoms with Crippen LogP contribution in [0.25, 0.3) is 22.4 Å². The van der Waals surface area contributed by atoms with Crippen molar-refractivity contribution in [3.05, 3.63) is 52.4 Å². The number of pyridine rings is 1. The molecule has 9 heteroatoms. The Morgan fingerprint density at radius 1 is 1.10 bits per heavy atom. The van der Waals surface area contributed by atoms with E-state index in [-0.39, 0.29) is 23.1 Å². The number of carbonyl (C=O) groups excluding carboxylic acids is 2. The maximum atomic E-state index is 13.3. The van der Waals surface area contributed by atoms with Gasteiger partial charge in [-0.3, -0.25) is 9.59 Å². The first-order valence-electron chi connectivity index (χ1n) is 13.6. The highest BCUT2D eigenvalue weighted by Crippen LogP contribution is 2.50. The molecule has 8 nitrogen and oxygen atoms in total. The fourth-order valence-corrected chi connectivity index (χ4v) is 7.33. The molecule has 0 saturated carbocycles. The molecule has 2 fully saturated rings. The van der Waals surface area contributed by atoms with Crippen LogP contribution in [0.3, 0.4) is 0 Å². The first kappa shape index (κ1) is 26.0. The molecule has 1 aromatic carbocycles. The van der Waals surface area contributed by atoms with Crippen LogP contribution >= 0.6 is 11.3 Å². The van der Waals surface area contributed by atoms with Gasteiger partial charge in [-0.15, -0.1) is 11.3 Å². The number of likely N-dealkylation sites (tertiary alicyclic amines) is 1. The van der Waals surface area contributed by atoms with E-state index in [2.05, 4.69) is 23.7 Å². The Balaban J connectivity index is 1.44. The van der Waals surface area contributed by atoms with E-state index in [1.54, 1.807) is 11.3 Å². The highest BCUT2D eigenvalue weighted by molar-refractivity contribution is 7.19. The van der Waals surface area contributed by atoms with Crippen LogP contribution in [-0.2, 0) is 11.2 Å². The van der Waals surface area contributed by atoms with Crippen LogP contribution in [-0.4, -0.2) is 67.0 Å². The molecule has 39 heavy (non-hydrogen) atoms. The normalized spacial score (nSPS) is 20.8. The topological polar surface area (TPSA) is 115 Å². The van der Waals surface area contributed by atoms with Crippen molar-refractivity contribution in [2.24, 2.45) is 11.1 Å².